The minimum absolute atomic E-state index is 0.00697. The summed E-state index contributed by atoms with van der Waals surface area (Å²) in [6.45, 7) is 5.06. The van der Waals surface area contributed by atoms with E-state index in [9.17, 15) is 9.59 Å². The summed E-state index contributed by atoms with van der Waals surface area (Å²) < 4.78 is 15.1. The second kappa shape index (κ2) is 12.1. The Morgan fingerprint density at radius 1 is 1.00 bits per heavy atom. The van der Waals surface area contributed by atoms with E-state index >= 15 is 0 Å². The van der Waals surface area contributed by atoms with Crippen molar-refractivity contribution in [2.75, 3.05) is 26.4 Å². The van der Waals surface area contributed by atoms with Crippen LogP contribution in [0, 0.1) is 0 Å². The number of ether oxygens (including phenoxy) is 3. The molecule has 0 aliphatic rings. The van der Waals surface area contributed by atoms with Crippen LogP contribution >= 0.6 is 0 Å². The molecule has 1 aromatic rings. The molecule has 0 saturated carbocycles. The van der Waals surface area contributed by atoms with Crippen LogP contribution in [0.25, 0.3) is 0 Å². The lowest BCUT2D eigenvalue weighted by Crippen LogP contribution is -2.15. The highest BCUT2D eigenvalue weighted by molar-refractivity contribution is 5.92. The van der Waals surface area contributed by atoms with Crippen molar-refractivity contribution in [1.82, 2.24) is 0 Å². The highest BCUT2D eigenvalue weighted by Crippen LogP contribution is 2.18. The molecular formula is C16H22O8. The van der Waals surface area contributed by atoms with Gasteiger partial charge in [0.05, 0.1) is 18.3 Å². The Morgan fingerprint density at radius 2 is 1.79 bits per heavy atom. The van der Waals surface area contributed by atoms with Gasteiger partial charge in [-0.25, -0.2) is 14.5 Å². The van der Waals surface area contributed by atoms with Gasteiger partial charge in [0.25, 0.3) is 0 Å². The highest BCUT2D eigenvalue weighted by Gasteiger charge is 2.16. The molecule has 0 radical (unpaired) electrons. The molecule has 0 bridgehead atoms. The second-order valence-corrected chi connectivity index (χ2v) is 4.52. The predicted octanol–water partition coefficient (Wildman–Crippen LogP) is 3.06. The quantitative estimate of drug-likeness (QED) is 0.262. The predicted molar refractivity (Wildman–Crippen MR) is 82.3 cm³/mol. The van der Waals surface area contributed by atoms with Crippen LogP contribution in [0.1, 0.15) is 37.0 Å². The van der Waals surface area contributed by atoms with Gasteiger partial charge < -0.3 is 14.2 Å². The van der Waals surface area contributed by atoms with Crippen molar-refractivity contribution in [3.05, 3.63) is 29.8 Å². The molecule has 8 nitrogen and oxygen atoms in total. The van der Waals surface area contributed by atoms with Gasteiger partial charge in [-0.15, -0.1) is 0 Å². The van der Waals surface area contributed by atoms with Crippen molar-refractivity contribution in [2.24, 2.45) is 0 Å². The van der Waals surface area contributed by atoms with E-state index in [0.29, 0.717) is 19.0 Å². The van der Waals surface area contributed by atoms with Crippen LogP contribution < -0.4 is 4.74 Å². The average molecular weight is 342 g/mol. The van der Waals surface area contributed by atoms with Crippen LogP contribution in [0.2, 0.25) is 0 Å². The third kappa shape index (κ3) is 7.80. The van der Waals surface area contributed by atoms with E-state index in [1.54, 1.807) is 25.1 Å². The molecule has 0 N–H and O–H groups in total. The van der Waals surface area contributed by atoms with Gasteiger partial charge in [-0.05, 0) is 25.5 Å². The topological polar surface area (TPSA) is 89.5 Å². The van der Waals surface area contributed by atoms with Gasteiger partial charge in [0, 0.05) is 6.61 Å². The van der Waals surface area contributed by atoms with E-state index in [4.69, 9.17) is 9.47 Å². The van der Waals surface area contributed by atoms with E-state index in [2.05, 4.69) is 19.6 Å². The number of unbranched alkanes of at least 4 members (excludes halogenated alkanes) is 1. The van der Waals surface area contributed by atoms with Crippen LogP contribution in [-0.2, 0) is 24.3 Å². The number of carbonyl (C=O) groups is 2. The van der Waals surface area contributed by atoms with Gasteiger partial charge >= 0.3 is 12.1 Å². The Hall–Kier alpha value is -2.32. The van der Waals surface area contributed by atoms with Crippen molar-refractivity contribution in [3.63, 3.8) is 0 Å². The first kappa shape index (κ1) is 19.7. The summed E-state index contributed by atoms with van der Waals surface area (Å²) in [6.07, 6.45) is 0.821. The van der Waals surface area contributed by atoms with Gasteiger partial charge in [-0.3, -0.25) is 4.89 Å². The lowest BCUT2D eigenvalue weighted by atomic mass is 10.2. The van der Waals surface area contributed by atoms with Crippen molar-refractivity contribution in [2.45, 2.75) is 26.7 Å². The van der Waals surface area contributed by atoms with Crippen molar-refractivity contribution >= 4 is 12.1 Å². The number of benzene rings is 1. The van der Waals surface area contributed by atoms with Crippen LogP contribution in [0.15, 0.2) is 24.3 Å². The van der Waals surface area contributed by atoms with E-state index in [1.165, 1.54) is 6.07 Å². The summed E-state index contributed by atoms with van der Waals surface area (Å²) in [4.78, 5) is 31.5. The fourth-order valence-corrected chi connectivity index (χ4v) is 1.59. The lowest BCUT2D eigenvalue weighted by Gasteiger charge is -2.08. The molecule has 0 heterocycles. The zero-order valence-electron chi connectivity index (χ0n) is 13.8. The van der Waals surface area contributed by atoms with E-state index in [1.807, 2.05) is 6.92 Å². The van der Waals surface area contributed by atoms with Crippen molar-refractivity contribution < 1.29 is 38.6 Å². The monoisotopic (exact) mass is 342 g/mol. The maximum Gasteiger partial charge on any atom is 0.543 e. The summed E-state index contributed by atoms with van der Waals surface area (Å²) in [5.41, 5.74) is 0.139. The Bertz CT molecular complexity index is 503. The number of hydrogen-bond donors (Lipinski definition) is 0. The lowest BCUT2D eigenvalue weighted by molar-refractivity contribution is -0.452. The molecule has 134 valence electrons. The maximum absolute atomic E-state index is 11.8. The number of para-hydroxylation sites is 1. The number of rotatable bonds is 11. The van der Waals surface area contributed by atoms with E-state index < -0.39 is 12.1 Å². The molecule has 8 heteroatoms. The van der Waals surface area contributed by atoms with Crippen LogP contribution in [0.4, 0.5) is 4.79 Å². The van der Waals surface area contributed by atoms with Gasteiger partial charge in [0.2, 0.25) is 0 Å². The highest BCUT2D eigenvalue weighted by atomic mass is 17.5. The third-order valence-corrected chi connectivity index (χ3v) is 2.71. The molecule has 0 aromatic heterocycles. The number of carbonyl (C=O) groups excluding carboxylic acids is 2. The standard InChI is InChI=1S/C16H22O8/c1-3-5-10-19-11-12-21-16(18)23-24-22-15(17)13-8-6-7-9-14(13)20-4-2/h6-9H,3-5,10-12H2,1-2H3. The Kier molecular flexibility index (Phi) is 9.98. The molecule has 24 heavy (non-hydrogen) atoms. The van der Waals surface area contributed by atoms with Crippen LogP contribution in [0.5, 0.6) is 5.75 Å². The molecule has 0 aliphatic carbocycles. The molecule has 1 aromatic carbocycles. The Balaban J connectivity index is 2.22. The molecule has 0 atom stereocenters. The first-order valence-corrected chi connectivity index (χ1v) is 7.70. The van der Waals surface area contributed by atoms with Gasteiger partial charge in [0.1, 0.15) is 17.9 Å². The normalized spacial score (nSPS) is 10.1. The van der Waals surface area contributed by atoms with E-state index in [-0.39, 0.29) is 18.8 Å². The van der Waals surface area contributed by atoms with Crippen molar-refractivity contribution in [3.8, 4) is 5.75 Å². The molecule has 0 saturated heterocycles. The van der Waals surface area contributed by atoms with Crippen molar-refractivity contribution in [1.29, 1.82) is 0 Å². The molecule has 0 aliphatic heterocycles. The minimum Gasteiger partial charge on any atom is -0.493 e. The maximum atomic E-state index is 11.8. The summed E-state index contributed by atoms with van der Waals surface area (Å²) >= 11 is 0. The first-order valence-electron chi connectivity index (χ1n) is 7.70. The largest absolute Gasteiger partial charge is 0.543 e. The fraction of sp³-hybridized carbons (Fsp3) is 0.500. The summed E-state index contributed by atoms with van der Waals surface area (Å²) in [6, 6.07) is 6.43. The first-order chi connectivity index (χ1) is 11.7. The smallest absolute Gasteiger partial charge is 0.493 e. The van der Waals surface area contributed by atoms with Crippen LogP contribution in [0.3, 0.4) is 0 Å². The zero-order valence-corrected chi connectivity index (χ0v) is 13.8. The molecule has 0 unspecified atom stereocenters. The molecule has 0 amide bonds. The van der Waals surface area contributed by atoms with Gasteiger partial charge in [0.15, 0.2) is 0 Å². The minimum atomic E-state index is -1.14. The summed E-state index contributed by atoms with van der Waals surface area (Å²) in [7, 11) is 0. The molecule has 0 fully saturated rings. The molecular weight excluding hydrogens is 320 g/mol. The average Bonchev–Trinajstić information content (AvgIpc) is 2.58. The number of hydrogen-bond acceptors (Lipinski definition) is 8. The SMILES string of the molecule is CCCCOCCOC(=O)OOOC(=O)c1ccccc1OCC. The van der Waals surface area contributed by atoms with E-state index in [0.717, 1.165) is 12.8 Å². The second-order valence-electron chi connectivity index (χ2n) is 4.52. The Morgan fingerprint density at radius 3 is 2.54 bits per heavy atom. The third-order valence-electron chi connectivity index (χ3n) is 2.71. The zero-order chi connectivity index (χ0) is 17.6. The van der Waals surface area contributed by atoms with Gasteiger partial charge in [-0.1, -0.05) is 25.5 Å². The summed E-state index contributed by atoms with van der Waals surface area (Å²) in [5, 5.41) is 4.12. The van der Waals surface area contributed by atoms with Crippen LogP contribution in [-0.4, -0.2) is 38.6 Å². The Labute approximate surface area is 140 Å². The molecule has 1 rings (SSSR count). The molecule has 0 spiro atoms. The fourth-order valence-electron chi connectivity index (χ4n) is 1.59. The van der Waals surface area contributed by atoms with Gasteiger partial charge in [-0.2, -0.15) is 0 Å². The summed E-state index contributed by atoms with van der Waals surface area (Å²) in [5.74, 6) is -0.532.